The zero-order valence-corrected chi connectivity index (χ0v) is 7.81. The molecule has 2 rings (SSSR count). The molecule has 0 radical (unpaired) electrons. The van der Waals surface area contributed by atoms with Gasteiger partial charge in [-0.3, -0.25) is 0 Å². The smallest absolute Gasteiger partial charge is 0.127 e. The summed E-state index contributed by atoms with van der Waals surface area (Å²) in [4.78, 5) is 0. The van der Waals surface area contributed by atoms with Crippen molar-refractivity contribution in [3.8, 4) is 11.4 Å². The lowest BCUT2D eigenvalue weighted by molar-refractivity contribution is 0.475. The summed E-state index contributed by atoms with van der Waals surface area (Å²) >= 11 is 0. The van der Waals surface area contributed by atoms with E-state index in [4.69, 9.17) is 5.73 Å². The van der Waals surface area contributed by atoms with E-state index in [1.165, 1.54) is 0 Å². The fraction of sp³-hybridized carbons (Fsp3) is 0.100. The molecule has 0 amide bonds. The van der Waals surface area contributed by atoms with Crippen molar-refractivity contribution >= 4 is 5.82 Å². The lowest BCUT2D eigenvalue weighted by Gasteiger charge is -2.03. The average Bonchev–Trinajstić information content (AvgIpc) is 2.45. The number of aryl methyl sites for hydroxylation is 1. The van der Waals surface area contributed by atoms with Crippen molar-refractivity contribution < 1.29 is 5.11 Å². The number of nitrogen functional groups attached to an aromatic ring is 1. The number of benzene rings is 1. The van der Waals surface area contributed by atoms with E-state index >= 15 is 0 Å². The van der Waals surface area contributed by atoms with Crippen LogP contribution >= 0.6 is 0 Å². The number of nitrogens with two attached hydrogens (primary N) is 1. The molecule has 2 aromatic rings. The molecule has 4 nitrogen and oxygen atoms in total. The van der Waals surface area contributed by atoms with E-state index < -0.39 is 0 Å². The Morgan fingerprint density at radius 1 is 1.36 bits per heavy atom. The van der Waals surface area contributed by atoms with Crippen molar-refractivity contribution in [3.63, 3.8) is 0 Å². The van der Waals surface area contributed by atoms with Crippen molar-refractivity contribution in [1.82, 2.24) is 9.78 Å². The standard InChI is InChI=1S/C10H11N3O/c1-7-5-10(11)13(12-7)8-3-2-4-9(14)6-8/h2-6,14H,11H2,1H3. The Balaban J connectivity index is 2.54. The van der Waals surface area contributed by atoms with Crippen LogP contribution in [0.2, 0.25) is 0 Å². The summed E-state index contributed by atoms with van der Waals surface area (Å²) in [7, 11) is 0. The maximum absolute atomic E-state index is 9.29. The SMILES string of the molecule is Cc1cc(N)n(-c2cccc(O)c2)n1. The van der Waals surface area contributed by atoms with Crippen molar-refractivity contribution in [2.75, 3.05) is 5.73 Å². The Kier molecular flexibility index (Phi) is 1.89. The second kappa shape index (κ2) is 3.06. The number of anilines is 1. The molecule has 72 valence electrons. The van der Waals surface area contributed by atoms with Gasteiger partial charge in [0.1, 0.15) is 11.6 Å². The zero-order valence-electron chi connectivity index (χ0n) is 7.81. The fourth-order valence-corrected chi connectivity index (χ4v) is 1.35. The molecule has 14 heavy (non-hydrogen) atoms. The molecule has 0 bridgehead atoms. The highest BCUT2D eigenvalue weighted by Crippen LogP contribution is 2.18. The molecule has 1 aromatic heterocycles. The predicted molar refractivity (Wildman–Crippen MR) is 54.4 cm³/mol. The zero-order chi connectivity index (χ0) is 10.1. The minimum absolute atomic E-state index is 0.204. The second-order valence-corrected chi connectivity index (χ2v) is 3.14. The summed E-state index contributed by atoms with van der Waals surface area (Å²) in [6, 6.07) is 8.59. The topological polar surface area (TPSA) is 64.1 Å². The molecule has 0 saturated heterocycles. The van der Waals surface area contributed by atoms with Crippen LogP contribution in [0.3, 0.4) is 0 Å². The molecule has 0 saturated carbocycles. The molecule has 0 aliphatic rings. The summed E-state index contributed by atoms with van der Waals surface area (Å²) < 4.78 is 1.59. The normalized spacial score (nSPS) is 10.4. The fourth-order valence-electron chi connectivity index (χ4n) is 1.35. The van der Waals surface area contributed by atoms with Crippen LogP contribution in [0.25, 0.3) is 5.69 Å². The number of phenolic OH excluding ortho intramolecular Hbond substituents is 1. The highest BCUT2D eigenvalue weighted by Gasteiger charge is 2.03. The number of phenols is 1. The number of aromatic nitrogens is 2. The Hall–Kier alpha value is -1.97. The van der Waals surface area contributed by atoms with Crippen LogP contribution in [0.4, 0.5) is 5.82 Å². The lowest BCUT2D eigenvalue weighted by atomic mass is 10.3. The van der Waals surface area contributed by atoms with Gasteiger partial charge in [-0.05, 0) is 19.1 Å². The highest BCUT2D eigenvalue weighted by atomic mass is 16.3. The molecular weight excluding hydrogens is 178 g/mol. The van der Waals surface area contributed by atoms with Crippen molar-refractivity contribution in [2.45, 2.75) is 6.92 Å². The molecule has 0 unspecified atom stereocenters. The van der Waals surface area contributed by atoms with Crippen molar-refractivity contribution in [1.29, 1.82) is 0 Å². The van der Waals surface area contributed by atoms with E-state index in [0.717, 1.165) is 11.4 Å². The van der Waals surface area contributed by atoms with Gasteiger partial charge in [0.15, 0.2) is 0 Å². The number of rotatable bonds is 1. The average molecular weight is 189 g/mol. The summed E-state index contributed by atoms with van der Waals surface area (Å²) in [5.41, 5.74) is 7.35. The van der Waals surface area contributed by atoms with E-state index in [-0.39, 0.29) is 5.75 Å². The minimum atomic E-state index is 0.204. The van der Waals surface area contributed by atoms with Gasteiger partial charge < -0.3 is 10.8 Å². The molecule has 4 heteroatoms. The van der Waals surface area contributed by atoms with Gasteiger partial charge >= 0.3 is 0 Å². The minimum Gasteiger partial charge on any atom is -0.508 e. The van der Waals surface area contributed by atoms with Crippen LogP contribution < -0.4 is 5.73 Å². The first-order valence-corrected chi connectivity index (χ1v) is 4.28. The lowest BCUT2D eigenvalue weighted by Crippen LogP contribution is -2.01. The van der Waals surface area contributed by atoms with Gasteiger partial charge in [-0.15, -0.1) is 0 Å². The largest absolute Gasteiger partial charge is 0.508 e. The van der Waals surface area contributed by atoms with Crippen LogP contribution in [0, 0.1) is 6.92 Å². The van der Waals surface area contributed by atoms with E-state index in [2.05, 4.69) is 5.10 Å². The van der Waals surface area contributed by atoms with Crippen molar-refractivity contribution in [2.24, 2.45) is 0 Å². The summed E-state index contributed by atoms with van der Waals surface area (Å²) in [5, 5.41) is 13.5. The number of hydrogen-bond donors (Lipinski definition) is 2. The third-order valence-corrected chi connectivity index (χ3v) is 1.93. The van der Waals surface area contributed by atoms with Gasteiger partial charge in [-0.1, -0.05) is 6.07 Å². The molecule has 0 aliphatic heterocycles. The van der Waals surface area contributed by atoms with Gasteiger partial charge in [0.2, 0.25) is 0 Å². The maximum atomic E-state index is 9.29. The summed E-state index contributed by atoms with van der Waals surface area (Å²) in [6.45, 7) is 1.87. The molecule has 1 aromatic carbocycles. The summed E-state index contributed by atoms with van der Waals surface area (Å²) in [5.74, 6) is 0.767. The highest BCUT2D eigenvalue weighted by molar-refractivity contribution is 5.45. The Bertz CT molecular complexity index is 462. The van der Waals surface area contributed by atoms with Gasteiger partial charge in [0, 0.05) is 12.1 Å². The number of hydrogen-bond acceptors (Lipinski definition) is 3. The molecule has 0 spiro atoms. The van der Waals surface area contributed by atoms with Crippen LogP contribution in [-0.4, -0.2) is 14.9 Å². The number of aromatic hydroxyl groups is 1. The van der Waals surface area contributed by atoms with Crippen molar-refractivity contribution in [3.05, 3.63) is 36.0 Å². The first-order valence-electron chi connectivity index (χ1n) is 4.28. The van der Waals surface area contributed by atoms with Gasteiger partial charge in [0.25, 0.3) is 0 Å². The predicted octanol–water partition coefficient (Wildman–Crippen LogP) is 1.47. The van der Waals surface area contributed by atoms with Gasteiger partial charge in [0.05, 0.1) is 11.4 Å². The quantitative estimate of drug-likeness (QED) is 0.714. The molecule has 0 atom stereocenters. The van der Waals surface area contributed by atoms with Crippen LogP contribution in [-0.2, 0) is 0 Å². The van der Waals surface area contributed by atoms with E-state index in [1.54, 1.807) is 28.9 Å². The summed E-state index contributed by atoms with van der Waals surface area (Å²) in [6.07, 6.45) is 0. The second-order valence-electron chi connectivity index (χ2n) is 3.14. The molecule has 0 aliphatic carbocycles. The first-order chi connectivity index (χ1) is 6.66. The Morgan fingerprint density at radius 2 is 2.14 bits per heavy atom. The van der Waals surface area contributed by atoms with Gasteiger partial charge in [-0.25, -0.2) is 4.68 Å². The first kappa shape index (κ1) is 8.62. The maximum Gasteiger partial charge on any atom is 0.127 e. The third kappa shape index (κ3) is 1.42. The van der Waals surface area contributed by atoms with Crippen LogP contribution in [0.5, 0.6) is 5.75 Å². The van der Waals surface area contributed by atoms with E-state index in [1.807, 2.05) is 13.0 Å². The monoisotopic (exact) mass is 189 g/mol. The third-order valence-electron chi connectivity index (χ3n) is 1.93. The molecular formula is C10H11N3O. The molecule has 3 N–H and O–H groups in total. The van der Waals surface area contributed by atoms with Crippen LogP contribution in [0.15, 0.2) is 30.3 Å². The molecule has 0 fully saturated rings. The van der Waals surface area contributed by atoms with Gasteiger partial charge in [-0.2, -0.15) is 5.10 Å². The van der Waals surface area contributed by atoms with E-state index in [9.17, 15) is 5.11 Å². The number of nitrogens with zero attached hydrogens (tertiary/aromatic N) is 2. The molecule has 1 heterocycles. The van der Waals surface area contributed by atoms with E-state index in [0.29, 0.717) is 5.82 Å². The Labute approximate surface area is 81.6 Å². The Morgan fingerprint density at radius 3 is 2.71 bits per heavy atom. The van der Waals surface area contributed by atoms with Crippen LogP contribution in [0.1, 0.15) is 5.69 Å².